The van der Waals surface area contributed by atoms with E-state index in [0.29, 0.717) is 19.0 Å². The van der Waals surface area contributed by atoms with Crippen molar-refractivity contribution in [3.63, 3.8) is 0 Å². The smallest absolute Gasteiger partial charge is 0.236 e. The standard InChI is InChI=1S/C14H27N3O3S/c1-3-17(9-12-5-4-7-15-12)10-14(18)16(2)13-6-8-21(19,20)11-13/h12-13,15H,3-11H2,1-2H3. The van der Waals surface area contributed by atoms with Crippen molar-refractivity contribution < 1.29 is 13.2 Å². The maximum atomic E-state index is 12.4. The van der Waals surface area contributed by atoms with Crippen LogP contribution in [0.1, 0.15) is 26.2 Å². The summed E-state index contributed by atoms with van der Waals surface area (Å²) < 4.78 is 23.0. The van der Waals surface area contributed by atoms with Gasteiger partial charge in [0.15, 0.2) is 9.84 Å². The first kappa shape index (κ1) is 16.7. The molecule has 0 aromatic carbocycles. The summed E-state index contributed by atoms with van der Waals surface area (Å²) in [7, 11) is -1.21. The lowest BCUT2D eigenvalue weighted by Gasteiger charge is -2.28. The molecule has 21 heavy (non-hydrogen) atoms. The molecule has 2 aliphatic heterocycles. The predicted octanol–water partition coefficient (Wildman–Crippen LogP) is -0.294. The Morgan fingerprint density at radius 2 is 2.10 bits per heavy atom. The van der Waals surface area contributed by atoms with Crippen LogP contribution in [0.4, 0.5) is 0 Å². The van der Waals surface area contributed by atoms with E-state index in [2.05, 4.69) is 17.1 Å². The largest absolute Gasteiger partial charge is 0.341 e. The van der Waals surface area contributed by atoms with E-state index < -0.39 is 9.84 Å². The molecule has 0 saturated carbocycles. The highest BCUT2D eigenvalue weighted by Gasteiger charge is 2.33. The summed E-state index contributed by atoms with van der Waals surface area (Å²) in [6, 6.07) is 0.334. The first-order valence-electron chi connectivity index (χ1n) is 7.83. The summed E-state index contributed by atoms with van der Waals surface area (Å²) >= 11 is 0. The van der Waals surface area contributed by atoms with Crippen molar-refractivity contribution >= 4 is 15.7 Å². The highest BCUT2D eigenvalue weighted by atomic mass is 32.2. The lowest BCUT2D eigenvalue weighted by Crippen LogP contribution is -2.46. The summed E-state index contributed by atoms with van der Waals surface area (Å²) in [6.45, 7) is 5.22. The molecular formula is C14H27N3O3S. The molecule has 7 heteroatoms. The number of nitrogens with one attached hydrogen (secondary N) is 1. The Labute approximate surface area is 127 Å². The van der Waals surface area contributed by atoms with Gasteiger partial charge in [0, 0.05) is 25.7 Å². The zero-order valence-electron chi connectivity index (χ0n) is 13.0. The number of nitrogens with zero attached hydrogens (tertiary/aromatic N) is 2. The van der Waals surface area contributed by atoms with Crippen molar-refractivity contribution in [2.24, 2.45) is 0 Å². The van der Waals surface area contributed by atoms with E-state index in [1.807, 2.05) is 0 Å². The van der Waals surface area contributed by atoms with E-state index in [4.69, 9.17) is 0 Å². The molecule has 2 rings (SSSR count). The summed E-state index contributed by atoms with van der Waals surface area (Å²) in [4.78, 5) is 16.1. The number of carbonyl (C=O) groups is 1. The van der Waals surface area contributed by atoms with Gasteiger partial charge in [0.1, 0.15) is 0 Å². The van der Waals surface area contributed by atoms with Crippen LogP contribution in [0.5, 0.6) is 0 Å². The van der Waals surface area contributed by atoms with Crippen molar-refractivity contribution in [1.29, 1.82) is 0 Å². The lowest BCUT2D eigenvalue weighted by atomic mass is 10.2. The number of carbonyl (C=O) groups excluding carboxylic acids is 1. The van der Waals surface area contributed by atoms with E-state index in [-0.39, 0.29) is 23.5 Å². The fourth-order valence-corrected chi connectivity index (χ4v) is 4.89. The van der Waals surface area contributed by atoms with E-state index in [0.717, 1.165) is 19.6 Å². The summed E-state index contributed by atoms with van der Waals surface area (Å²) in [6.07, 6.45) is 2.94. The molecule has 0 aromatic heterocycles. The Morgan fingerprint density at radius 3 is 2.62 bits per heavy atom. The molecule has 0 aromatic rings. The van der Waals surface area contributed by atoms with Crippen LogP contribution in [-0.2, 0) is 14.6 Å². The Morgan fingerprint density at radius 1 is 1.33 bits per heavy atom. The first-order chi connectivity index (χ1) is 9.91. The number of hydrogen-bond donors (Lipinski definition) is 1. The molecule has 2 heterocycles. The van der Waals surface area contributed by atoms with Gasteiger partial charge in [-0.1, -0.05) is 6.92 Å². The van der Waals surface area contributed by atoms with Crippen LogP contribution in [0.2, 0.25) is 0 Å². The SMILES string of the molecule is CCN(CC(=O)N(C)C1CCS(=O)(=O)C1)CC1CCCN1. The molecule has 0 spiro atoms. The average molecular weight is 317 g/mol. The summed E-state index contributed by atoms with van der Waals surface area (Å²) in [5.74, 6) is 0.349. The molecule has 2 fully saturated rings. The fraction of sp³-hybridized carbons (Fsp3) is 0.929. The Kier molecular flexibility index (Phi) is 5.62. The van der Waals surface area contributed by atoms with Crippen molar-refractivity contribution in [1.82, 2.24) is 15.1 Å². The van der Waals surface area contributed by atoms with Gasteiger partial charge in [-0.3, -0.25) is 9.69 Å². The van der Waals surface area contributed by atoms with E-state index in [9.17, 15) is 13.2 Å². The maximum absolute atomic E-state index is 12.4. The third-order valence-electron chi connectivity index (χ3n) is 4.60. The van der Waals surface area contributed by atoms with Gasteiger partial charge in [0.25, 0.3) is 0 Å². The third kappa shape index (κ3) is 4.66. The highest BCUT2D eigenvalue weighted by molar-refractivity contribution is 7.91. The van der Waals surface area contributed by atoms with Crippen LogP contribution in [-0.4, -0.2) is 80.9 Å². The highest BCUT2D eigenvalue weighted by Crippen LogP contribution is 2.17. The topological polar surface area (TPSA) is 69.7 Å². The first-order valence-corrected chi connectivity index (χ1v) is 9.65. The van der Waals surface area contributed by atoms with Gasteiger partial charge in [0.05, 0.1) is 18.1 Å². The molecule has 6 nitrogen and oxygen atoms in total. The quantitative estimate of drug-likeness (QED) is 0.729. The van der Waals surface area contributed by atoms with Crippen LogP contribution < -0.4 is 5.32 Å². The van der Waals surface area contributed by atoms with Crippen molar-refractivity contribution in [2.75, 3.05) is 44.7 Å². The van der Waals surface area contributed by atoms with Crippen LogP contribution in [0.3, 0.4) is 0 Å². The minimum Gasteiger partial charge on any atom is -0.341 e. The van der Waals surface area contributed by atoms with Crippen LogP contribution in [0.25, 0.3) is 0 Å². The maximum Gasteiger partial charge on any atom is 0.236 e. The molecule has 2 saturated heterocycles. The average Bonchev–Trinajstić information content (AvgIpc) is 3.06. The van der Waals surface area contributed by atoms with Crippen LogP contribution >= 0.6 is 0 Å². The Balaban J connectivity index is 1.83. The molecular weight excluding hydrogens is 290 g/mol. The summed E-state index contributed by atoms with van der Waals surface area (Å²) in [5.41, 5.74) is 0. The predicted molar refractivity (Wildman–Crippen MR) is 83.0 cm³/mol. The molecule has 1 amide bonds. The van der Waals surface area contributed by atoms with Gasteiger partial charge in [-0.2, -0.15) is 0 Å². The second kappa shape index (κ2) is 7.07. The number of amides is 1. The molecule has 0 bridgehead atoms. The fourth-order valence-electron chi connectivity index (χ4n) is 3.12. The number of sulfone groups is 1. The number of likely N-dealkylation sites (N-methyl/N-ethyl adjacent to an activating group) is 2. The van der Waals surface area contributed by atoms with E-state index in [1.165, 1.54) is 12.8 Å². The lowest BCUT2D eigenvalue weighted by molar-refractivity contribution is -0.132. The second-order valence-corrected chi connectivity index (χ2v) is 8.41. The van der Waals surface area contributed by atoms with Gasteiger partial charge in [-0.25, -0.2) is 8.42 Å². The van der Waals surface area contributed by atoms with Gasteiger partial charge >= 0.3 is 0 Å². The van der Waals surface area contributed by atoms with E-state index in [1.54, 1.807) is 11.9 Å². The minimum absolute atomic E-state index is 0.0250. The molecule has 0 aliphatic carbocycles. The van der Waals surface area contributed by atoms with Crippen molar-refractivity contribution in [3.05, 3.63) is 0 Å². The molecule has 2 atom stereocenters. The molecule has 2 aliphatic rings. The molecule has 0 radical (unpaired) electrons. The van der Waals surface area contributed by atoms with Gasteiger partial charge in [0.2, 0.25) is 5.91 Å². The van der Waals surface area contributed by atoms with Gasteiger partial charge in [-0.05, 0) is 32.4 Å². The molecule has 122 valence electrons. The van der Waals surface area contributed by atoms with Crippen LogP contribution in [0.15, 0.2) is 0 Å². The zero-order valence-corrected chi connectivity index (χ0v) is 13.9. The number of hydrogen-bond acceptors (Lipinski definition) is 5. The monoisotopic (exact) mass is 317 g/mol. The minimum atomic E-state index is -2.94. The molecule has 2 unspecified atom stereocenters. The van der Waals surface area contributed by atoms with Gasteiger partial charge < -0.3 is 10.2 Å². The van der Waals surface area contributed by atoms with Crippen molar-refractivity contribution in [3.8, 4) is 0 Å². The van der Waals surface area contributed by atoms with Crippen molar-refractivity contribution in [2.45, 2.75) is 38.3 Å². The van der Waals surface area contributed by atoms with E-state index >= 15 is 0 Å². The third-order valence-corrected chi connectivity index (χ3v) is 6.35. The normalized spacial score (nSPS) is 28.1. The summed E-state index contributed by atoms with van der Waals surface area (Å²) in [5, 5.41) is 3.44. The number of rotatable bonds is 6. The zero-order chi connectivity index (χ0) is 15.5. The Hall–Kier alpha value is -0.660. The van der Waals surface area contributed by atoms with Crippen LogP contribution in [0, 0.1) is 0 Å². The molecule has 1 N–H and O–H groups in total. The van der Waals surface area contributed by atoms with Gasteiger partial charge in [-0.15, -0.1) is 0 Å². The second-order valence-electron chi connectivity index (χ2n) is 6.18. The Bertz CT molecular complexity index is 460.